The highest BCUT2D eigenvalue weighted by Crippen LogP contribution is 2.63. The fourth-order valence-corrected chi connectivity index (χ4v) is 10.8. The Morgan fingerprint density at radius 2 is 0.898 bits per heavy atom. The molecule has 1 aliphatic heterocycles. The van der Waals surface area contributed by atoms with Crippen molar-refractivity contribution in [3.05, 3.63) is 235 Å². The summed E-state index contributed by atoms with van der Waals surface area (Å²) < 4.78 is 0. The van der Waals surface area contributed by atoms with Gasteiger partial charge in [-0.1, -0.05) is 164 Å². The largest absolute Gasteiger partial charge is 0.354 e. The third-order valence-electron chi connectivity index (χ3n) is 13.2. The van der Waals surface area contributed by atoms with Gasteiger partial charge in [0.25, 0.3) is 0 Å². The summed E-state index contributed by atoms with van der Waals surface area (Å²) in [7, 11) is 0. The van der Waals surface area contributed by atoms with E-state index in [1.807, 2.05) is 0 Å². The monoisotopic (exact) mass is 748 g/mol. The number of hydrogen-bond acceptors (Lipinski definition) is 2. The number of hydrogen-bond donors (Lipinski definition) is 1. The van der Waals surface area contributed by atoms with Gasteiger partial charge >= 0.3 is 0 Å². The lowest BCUT2D eigenvalue weighted by Gasteiger charge is -2.32. The molecule has 0 unspecified atom stereocenters. The molecule has 0 aromatic heterocycles. The van der Waals surface area contributed by atoms with E-state index in [2.05, 4.69) is 223 Å². The van der Waals surface area contributed by atoms with Crippen LogP contribution in [0.1, 0.15) is 22.3 Å². The molecule has 10 aromatic carbocycles. The maximum Gasteiger partial charge on any atom is 0.0726 e. The Kier molecular flexibility index (Phi) is 6.68. The first kappa shape index (κ1) is 32.4. The molecule has 0 bridgehead atoms. The molecule has 2 nitrogen and oxygen atoms in total. The normalized spacial score (nSPS) is 13.4. The lowest BCUT2D eigenvalue weighted by Crippen LogP contribution is -2.26. The van der Waals surface area contributed by atoms with Gasteiger partial charge in [0, 0.05) is 39.4 Å². The fraction of sp³-hybridized carbons (Fsp3) is 0.0175. The molecule has 59 heavy (non-hydrogen) atoms. The van der Waals surface area contributed by atoms with Gasteiger partial charge in [-0.05, 0) is 126 Å². The van der Waals surface area contributed by atoms with E-state index in [0.29, 0.717) is 0 Å². The van der Waals surface area contributed by atoms with Crippen LogP contribution in [0.2, 0.25) is 0 Å². The molecule has 0 atom stereocenters. The van der Waals surface area contributed by atoms with Crippen LogP contribution in [-0.4, -0.2) is 0 Å². The van der Waals surface area contributed by atoms with Crippen LogP contribution < -0.4 is 10.2 Å². The third-order valence-corrected chi connectivity index (χ3v) is 13.2. The molecule has 3 aliphatic rings. The lowest BCUT2D eigenvalue weighted by molar-refractivity contribution is 0.793. The van der Waals surface area contributed by atoms with Gasteiger partial charge in [0.2, 0.25) is 0 Å². The van der Waals surface area contributed by atoms with E-state index in [0.717, 1.165) is 28.4 Å². The zero-order valence-corrected chi connectivity index (χ0v) is 32.2. The van der Waals surface area contributed by atoms with Gasteiger partial charge in [0.1, 0.15) is 0 Å². The first-order chi connectivity index (χ1) is 29.3. The summed E-state index contributed by atoms with van der Waals surface area (Å²) in [5.41, 5.74) is 20.9. The molecule has 1 heterocycles. The van der Waals surface area contributed by atoms with Crippen molar-refractivity contribution in [2.24, 2.45) is 0 Å². The van der Waals surface area contributed by atoms with E-state index in [4.69, 9.17) is 0 Å². The number of para-hydroxylation sites is 1. The average Bonchev–Trinajstić information content (AvgIpc) is 3.77. The van der Waals surface area contributed by atoms with Gasteiger partial charge in [0.15, 0.2) is 0 Å². The number of rotatable bonds is 4. The van der Waals surface area contributed by atoms with Crippen LogP contribution in [0.25, 0.3) is 66.1 Å². The molecule has 0 fully saturated rings. The quantitative estimate of drug-likeness (QED) is 0.193. The molecule has 1 N–H and O–H groups in total. The summed E-state index contributed by atoms with van der Waals surface area (Å²) in [5, 5.41) is 8.83. The van der Waals surface area contributed by atoms with E-state index in [-0.39, 0.29) is 0 Å². The van der Waals surface area contributed by atoms with Crippen molar-refractivity contribution in [2.45, 2.75) is 5.41 Å². The molecule has 13 rings (SSSR count). The third kappa shape index (κ3) is 4.40. The highest BCUT2D eigenvalue weighted by molar-refractivity contribution is 6.20. The Morgan fingerprint density at radius 3 is 1.63 bits per heavy atom. The van der Waals surface area contributed by atoms with E-state index in [1.54, 1.807) is 0 Å². The Bertz CT molecular complexity index is 3300. The Balaban J connectivity index is 0.965. The van der Waals surface area contributed by atoms with E-state index >= 15 is 0 Å². The second-order valence-corrected chi connectivity index (χ2v) is 16.1. The van der Waals surface area contributed by atoms with Gasteiger partial charge in [-0.2, -0.15) is 0 Å². The topological polar surface area (TPSA) is 15.3 Å². The van der Waals surface area contributed by atoms with Crippen LogP contribution in [0, 0.1) is 0 Å². The molecule has 0 amide bonds. The maximum atomic E-state index is 3.78. The number of benzene rings is 10. The summed E-state index contributed by atoms with van der Waals surface area (Å²) in [4.78, 5) is 2.41. The number of nitrogens with one attached hydrogen (secondary N) is 1. The van der Waals surface area contributed by atoms with Crippen LogP contribution in [0.4, 0.5) is 28.4 Å². The number of fused-ring (bicyclic) bond motifs is 14. The van der Waals surface area contributed by atoms with Crippen LogP contribution in [0.3, 0.4) is 0 Å². The second-order valence-electron chi connectivity index (χ2n) is 16.1. The van der Waals surface area contributed by atoms with Crippen molar-refractivity contribution in [3.8, 4) is 44.5 Å². The molecule has 10 aromatic rings. The Morgan fingerprint density at radius 1 is 0.339 bits per heavy atom. The Hall–Kier alpha value is -7.68. The van der Waals surface area contributed by atoms with Gasteiger partial charge in [-0.15, -0.1) is 0 Å². The van der Waals surface area contributed by atoms with E-state index in [1.165, 1.54) is 88.3 Å². The molecular formula is C57H36N2. The molecule has 1 spiro atoms. The summed E-state index contributed by atoms with van der Waals surface area (Å²) >= 11 is 0. The van der Waals surface area contributed by atoms with Gasteiger partial charge in [-0.25, -0.2) is 0 Å². The smallest absolute Gasteiger partial charge is 0.0726 e. The fourth-order valence-electron chi connectivity index (χ4n) is 10.8. The number of nitrogens with zero attached hydrogens (tertiary/aromatic N) is 1. The summed E-state index contributed by atoms with van der Waals surface area (Å²) in [6, 6.07) is 78.6. The van der Waals surface area contributed by atoms with Crippen molar-refractivity contribution in [1.82, 2.24) is 0 Å². The van der Waals surface area contributed by atoms with Gasteiger partial charge < -0.3 is 10.2 Å². The average molecular weight is 749 g/mol. The van der Waals surface area contributed by atoms with Crippen LogP contribution in [0.15, 0.2) is 212 Å². The van der Waals surface area contributed by atoms with Crippen LogP contribution in [-0.2, 0) is 5.41 Å². The van der Waals surface area contributed by atoms with Crippen molar-refractivity contribution in [3.63, 3.8) is 0 Å². The Labute approximate surface area is 343 Å². The van der Waals surface area contributed by atoms with Crippen LogP contribution >= 0.6 is 0 Å². The predicted octanol–water partition coefficient (Wildman–Crippen LogP) is 15.2. The summed E-state index contributed by atoms with van der Waals surface area (Å²) in [6.07, 6.45) is 0. The molecule has 0 saturated heterocycles. The summed E-state index contributed by atoms with van der Waals surface area (Å²) in [6.45, 7) is 0. The van der Waals surface area contributed by atoms with Crippen molar-refractivity contribution < 1.29 is 0 Å². The first-order valence-electron chi connectivity index (χ1n) is 20.5. The second kappa shape index (κ2) is 12.2. The minimum Gasteiger partial charge on any atom is -0.354 e. The SMILES string of the molecule is c1ccc(N(c2ccc(-c3ccc4c5c(cccc35)Nc3ccc5ccccc5c3-4)cc2)c2ccc3c(c2)C2(c4ccccc4-c4ccccc42)c2ccccc2-3)cc1. The minimum absolute atomic E-state index is 0.405. The molecule has 2 heteroatoms. The van der Waals surface area contributed by atoms with E-state index < -0.39 is 5.41 Å². The minimum atomic E-state index is -0.405. The van der Waals surface area contributed by atoms with Crippen molar-refractivity contribution >= 4 is 50.0 Å². The van der Waals surface area contributed by atoms with Crippen molar-refractivity contribution in [1.29, 1.82) is 0 Å². The molecule has 274 valence electrons. The maximum absolute atomic E-state index is 3.78. The standard InChI is InChI=1S/C57H36N2/c1-2-14-38(15-3-1)59(40-30-31-46-45-19-8-11-23-51(45)57(52(46)35-40)49-21-9-6-17-43(49)44-18-7-10-22-50(44)57)39-28-25-37(26-29-39)41-32-33-48-55-42-16-5-4-13-36(42)27-34-54(55)58-53-24-12-20-47(41)56(48)53/h1-35,58H. The predicted molar refractivity (Wildman–Crippen MR) is 247 cm³/mol. The van der Waals surface area contributed by atoms with E-state index in [9.17, 15) is 0 Å². The highest BCUT2D eigenvalue weighted by atomic mass is 15.1. The zero-order valence-electron chi connectivity index (χ0n) is 32.2. The van der Waals surface area contributed by atoms with Crippen molar-refractivity contribution in [2.75, 3.05) is 10.2 Å². The highest BCUT2D eigenvalue weighted by Gasteiger charge is 2.51. The van der Waals surface area contributed by atoms with Gasteiger partial charge in [0.05, 0.1) is 5.41 Å². The zero-order chi connectivity index (χ0) is 38.7. The molecule has 0 radical (unpaired) electrons. The van der Waals surface area contributed by atoms with Crippen LogP contribution in [0.5, 0.6) is 0 Å². The molecule has 0 saturated carbocycles. The number of anilines is 5. The molecular weight excluding hydrogens is 713 g/mol. The lowest BCUT2D eigenvalue weighted by atomic mass is 9.70. The first-order valence-corrected chi connectivity index (χ1v) is 20.5. The van der Waals surface area contributed by atoms with Gasteiger partial charge in [-0.3, -0.25) is 0 Å². The molecule has 2 aliphatic carbocycles. The summed E-state index contributed by atoms with van der Waals surface area (Å²) in [5.74, 6) is 0.